The molecule has 0 amide bonds. The Hall–Kier alpha value is -0.900. The highest BCUT2D eigenvalue weighted by Crippen LogP contribution is 2.45. The number of hydrogen-bond donors (Lipinski definition) is 1. The molecule has 0 saturated heterocycles. The van der Waals surface area contributed by atoms with Crippen LogP contribution in [-0.2, 0) is 13.5 Å². The summed E-state index contributed by atoms with van der Waals surface area (Å²) >= 11 is 0. The summed E-state index contributed by atoms with van der Waals surface area (Å²) in [5.74, 6) is 0.993. The van der Waals surface area contributed by atoms with Crippen LogP contribution in [0.3, 0.4) is 0 Å². The third-order valence-corrected chi connectivity index (χ3v) is 4.05. The molecule has 1 aromatic heterocycles. The van der Waals surface area contributed by atoms with Gasteiger partial charge in [0.05, 0.1) is 0 Å². The van der Waals surface area contributed by atoms with Gasteiger partial charge in [-0.15, -0.1) is 0 Å². The molecule has 0 aromatic carbocycles. The van der Waals surface area contributed by atoms with Crippen LogP contribution >= 0.6 is 0 Å². The standard InChI is InChI=1S/C11H20N4/c1-10(2)5-4-6-11(10,12)7-9-13-8-14-15(9)3/h8H,4-7,12H2,1-3H3. The van der Waals surface area contributed by atoms with Gasteiger partial charge in [-0.2, -0.15) is 5.10 Å². The van der Waals surface area contributed by atoms with Crippen LogP contribution < -0.4 is 5.73 Å². The van der Waals surface area contributed by atoms with E-state index >= 15 is 0 Å². The molecule has 2 N–H and O–H groups in total. The van der Waals surface area contributed by atoms with E-state index < -0.39 is 0 Å². The van der Waals surface area contributed by atoms with Crippen LogP contribution in [-0.4, -0.2) is 20.3 Å². The smallest absolute Gasteiger partial charge is 0.138 e. The van der Waals surface area contributed by atoms with E-state index in [0.29, 0.717) is 0 Å². The minimum absolute atomic E-state index is 0.117. The zero-order chi connectivity index (χ0) is 11.1. The van der Waals surface area contributed by atoms with Gasteiger partial charge in [-0.3, -0.25) is 4.68 Å². The Balaban J connectivity index is 2.21. The van der Waals surface area contributed by atoms with E-state index in [1.807, 2.05) is 11.7 Å². The van der Waals surface area contributed by atoms with Crippen molar-refractivity contribution in [1.29, 1.82) is 0 Å². The molecule has 0 radical (unpaired) electrons. The lowest BCUT2D eigenvalue weighted by Crippen LogP contribution is -2.51. The monoisotopic (exact) mass is 208 g/mol. The number of aryl methyl sites for hydroxylation is 1. The first-order valence-corrected chi connectivity index (χ1v) is 5.56. The van der Waals surface area contributed by atoms with Crippen molar-refractivity contribution in [1.82, 2.24) is 14.8 Å². The summed E-state index contributed by atoms with van der Waals surface area (Å²) in [6.45, 7) is 4.52. The molecule has 2 rings (SSSR count). The molecule has 1 fully saturated rings. The van der Waals surface area contributed by atoms with Gasteiger partial charge in [0.1, 0.15) is 12.2 Å². The zero-order valence-corrected chi connectivity index (χ0v) is 9.82. The molecule has 1 aliphatic carbocycles. The summed E-state index contributed by atoms with van der Waals surface area (Å²) in [4.78, 5) is 4.26. The molecule has 4 heteroatoms. The van der Waals surface area contributed by atoms with Crippen LogP contribution in [0.5, 0.6) is 0 Å². The number of hydrogen-bond acceptors (Lipinski definition) is 3. The first kappa shape index (κ1) is 10.6. The molecule has 1 heterocycles. The molecule has 1 aliphatic rings. The van der Waals surface area contributed by atoms with Gasteiger partial charge in [-0.1, -0.05) is 20.3 Å². The average molecular weight is 208 g/mol. The molecule has 1 unspecified atom stereocenters. The maximum Gasteiger partial charge on any atom is 0.138 e. The molecule has 1 saturated carbocycles. The Bertz CT molecular complexity index is 355. The predicted molar refractivity (Wildman–Crippen MR) is 59.3 cm³/mol. The second-order valence-electron chi connectivity index (χ2n) is 5.37. The average Bonchev–Trinajstić information content (AvgIpc) is 2.61. The normalized spacial score (nSPS) is 29.6. The highest BCUT2D eigenvalue weighted by atomic mass is 15.3. The van der Waals surface area contributed by atoms with Crippen molar-refractivity contribution in [3.8, 4) is 0 Å². The summed E-state index contributed by atoms with van der Waals surface area (Å²) < 4.78 is 1.82. The Kier molecular flexibility index (Phi) is 2.34. The fourth-order valence-corrected chi connectivity index (χ4v) is 2.52. The van der Waals surface area contributed by atoms with Crippen molar-refractivity contribution in [3.63, 3.8) is 0 Å². The van der Waals surface area contributed by atoms with Crippen molar-refractivity contribution >= 4 is 0 Å². The fraction of sp³-hybridized carbons (Fsp3) is 0.818. The van der Waals surface area contributed by atoms with Gasteiger partial charge in [0, 0.05) is 19.0 Å². The van der Waals surface area contributed by atoms with E-state index in [4.69, 9.17) is 5.73 Å². The number of rotatable bonds is 2. The van der Waals surface area contributed by atoms with Gasteiger partial charge in [0.25, 0.3) is 0 Å². The molecule has 0 bridgehead atoms. The second-order valence-corrected chi connectivity index (χ2v) is 5.37. The van der Waals surface area contributed by atoms with Gasteiger partial charge >= 0.3 is 0 Å². The second kappa shape index (κ2) is 3.30. The summed E-state index contributed by atoms with van der Waals surface area (Å²) in [7, 11) is 1.92. The topological polar surface area (TPSA) is 56.7 Å². The first-order valence-electron chi connectivity index (χ1n) is 5.56. The molecular formula is C11H20N4. The summed E-state index contributed by atoms with van der Waals surface area (Å²) in [6, 6.07) is 0. The quantitative estimate of drug-likeness (QED) is 0.796. The minimum Gasteiger partial charge on any atom is -0.324 e. The maximum atomic E-state index is 6.52. The van der Waals surface area contributed by atoms with Crippen LogP contribution in [0, 0.1) is 5.41 Å². The summed E-state index contributed by atoms with van der Waals surface area (Å²) in [6.07, 6.45) is 5.95. The SMILES string of the molecule is Cn1ncnc1CC1(N)CCCC1(C)C. The Morgan fingerprint density at radius 3 is 2.67 bits per heavy atom. The summed E-state index contributed by atoms with van der Waals surface area (Å²) in [5, 5.41) is 4.09. The Morgan fingerprint density at radius 1 is 1.47 bits per heavy atom. The third kappa shape index (κ3) is 1.67. The molecule has 84 valence electrons. The molecule has 1 aromatic rings. The van der Waals surface area contributed by atoms with E-state index in [1.54, 1.807) is 6.33 Å². The first-order chi connectivity index (χ1) is 6.95. The predicted octanol–water partition coefficient (Wildman–Crippen LogP) is 1.27. The van der Waals surface area contributed by atoms with Crippen LogP contribution in [0.4, 0.5) is 0 Å². The van der Waals surface area contributed by atoms with Gasteiger partial charge in [0.2, 0.25) is 0 Å². The van der Waals surface area contributed by atoms with Crippen LogP contribution in [0.15, 0.2) is 6.33 Å². The van der Waals surface area contributed by atoms with Crippen LogP contribution in [0.2, 0.25) is 0 Å². The van der Waals surface area contributed by atoms with E-state index in [9.17, 15) is 0 Å². The van der Waals surface area contributed by atoms with E-state index in [1.165, 1.54) is 12.8 Å². The van der Waals surface area contributed by atoms with E-state index in [-0.39, 0.29) is 11.0 Å². The summed E-state index contributed by atoms with van der Waals surface area (Å²) in [5.41, 5.74) is 6.61. The van der Waals surface area contributed by atoms with Crippen LogP contribution in [0.1, 0.15) is 38.9 Å². The Labute approximate surface area is 90.9 Å². The molecular weight excluding hydrogens is 188 g/mol. The molecule has 15 heavy (non-hydrogen) atoms. The van der Waals surface area contributed by atoms with Crippen molar-refractivity contribution in [2.24, 2.45) is 18.2 Å². The lowest BCUT2D eigenvalue weighted by atomic mass is 9.73. The van der Waals surface area contributed by atoms with Crippen molar-refractivity contribution < 1.29 is 0 Å². The number of aromatic nitrogens is 3. The van der Waals surface area contributed by atoms with Crippen LogP contribution in [0.25, 0.3) is 0 Å². The fourth-order valence-electron chi connectivity index (χ4n) is 2.52. The molecule has 1 atom stereocenters. The van der Waals surface area contributed by atoms with E-state index in [0.717, 1.165) is 18.7 Å². The largest absolute Gasteiger partial charge is 0.324 e. The van der Waals surface area contributed by atoms with Crippen molar-refractivity contribution in [2.75, 3.05) is 0 Å². The third-order valence-electron chi connectivity index (χ3n) is 4.05. The lowest BCUT2D eigenvalue weighted by Gasteiger charge is -2.37. The highest BCUT2D eigenvalue weighted by Gasteiger charge is 2.46. The van der Waals surface area contributed by atoms with Crippen molar-refractivity contribution in [3.05, 3.63) is 12.2 Å². The number of nitrogens with two attached hydrogens (primary N) is 1. The number of nitrogens with zero attached hydrogens (tertiary/aromatic N) is 3. The zero-order valence-electron chi connectivity index (χ0n) is 9.82. The highest BCUT2D eigenvalue weighted by molar-refractivity contribution is 5.08. The maximum absolute atomic E-state index is 6.52. The Morgan fingerprint density at radius 2 is 2.20 bits per heavy atom. The minimum atomic E-state index is -0.117. The molecule has 4 nitrogen and oxygen atoms in total. The molecule has 0 spiro atoms. The van der Waals surface area contributed by atoms with Gasteiger partial charge in [-0.25, -0.2) is 4.98 Å². The van der Waals surface area contributed by atoms with Gasteiger partial charge < -0.3 is 5.73 Å². The lowest BCUT2D eigenvalue weighted by molar-refractivity contribution is 0.202. The van der Waals surface area contributed by atoms with E-state index in [2.05, 4.69) is 23.9 Å². The van der Waals surface area contributed by atoms with Gasteiger partial charge in [0.15, 0.2) is 0 Å². The molecule has 0 aliphatic heterocycles. The van der Waals surface area contributed by atoms with Crippen molar-refractivity contribution in [2.45, 2.75) is 45.1 Å². The van der Waals surface area contributed by atoms with Gasteiger partial charge in [-0.05, 0) is 18.3 Å².